The first-order valence-corrected chi connectivity index (χ1v) is 6.56. The number of amides is 1. The van der Waals surface area contributed by atoms with Gasteiger partial charge in [-0.3, -0.25) is 0 Å². The van der Waals surface area contributed by atoms with E-state index >= 15 is 0 Å². The van der Waals surface area contributed by atoms with E-state index in [4.69, 9.17) is 16.7 Å². The molecule has 1 N–H and O–H groups in total. The van der Waals surface area contributed by atoms with Crippen molar-refractivity contribution in [1.29, 1.82) is 0 Å². The second-order valence-electron chi connectivity index (χ2n) is 4.78. The van der Waals surface area contributed by atoms with Gasteiger partial charge in [0.15, 0.2) is 0 Å². The first-order chi connectivity index (χ1) is 9.70. The van der Waals surface area contributed by atoms with Crippen LogP contribution in [0.2, 0.25) is 5.15 Å². The highest BCUT2D eigenvalue weighted by molar-refractivity contribution is 6.30. The van der Waals surface area contributed by atoms with Crippen LogP contribution in [0.3, 0.4) is 0 Å². The number of hydrogen-bond acceptors (Lipinski definition) is 3. The Bertz CT molecular complexity index is 553. The van der Waals surface area contributed by atoms with Crippen LogP contribution in [0.1, 0.15) is 12.5 Å². The van der Waals surface area contributed by atoms with Gasteiger partial charge in [-0.05, 0) is 19.1 Å². The van der Waals surface area contributed by atoms with Gasteiger partial charge in [-0.1, -0.05) is 11.6 Å². The number of halogens is 4. The van der Waals surface area contributed by atoms with E-state index in [0.29, 0.717) is 18.9 Å². The molecule has 1 amide bonds. The maximum absolute atomic E-state index is 12.6. The Morgan fingerprint density at radius 3 is 2.57 bits per heavy atom. The van der Waals surface area contributed by atoms with Crippen molar-refractivity contribution in [2.75, 3.05) is 24.5 Å². The van der Waals surface area contributed by atoms with Gasteiger partial charge in [-0.2, -0.15) is 13.2 Å². The average Bonchev–Trinajstić information content (AvgIpc) is 2.36. The fourth-order valence-electron chi connectivity index (χ4n) is 2.26. The van der Waals surface area contributed by atoms with E-state index in [2.05, 4.69) is 4.98 Å². The number of carbonyl (C=O) groups is 1. The summed E-state index contributed by atoms with van der Waals surface area (Å²) in [5.74, 6) is 0.310. The zero-order valence-corrected chi connectivity index (χ0v) is 11.8. The van der Waals surface area contributed by atoms with Gasteiger partial charge in [-0.15, -0.1) is 0 Å². The first kappa shape index (κ1) is 15.7. The molecule has 2 rings (SSSR count). The lowest BCUT2D eigenvalue weighted by Crippen LogP contribution is -2.53. The van der Waals surface area contributed by atoms with Gasteiger partial charge < -0.3 is 14.9 Å². The highest BCUT2D eigenvalue weighted by atomic mass is 35.5. The molecule has 1 aromatic rings. The molecule has 0 radical (unpaired) electrons. The number of carboxylic acid groups (broad SMARTS) is 1. The van der Waals surface area contributed by atoms with Gasteiger partial charge in [-0.25, -0.2) is 9.78 Å². The van der Waals surface area contributed by atoms with Gasteiger partial charge in [0.25, 0.3) is 0 Å². The molecule has 21 heavy (non-hydrogen) atoms. The largest absolute Gasteiger partial charge is 0.465 e. The number of piperazine rings is 1. The third-order valence-corrected chi connectivity index (χ3v) is 3.62. The quantitative estimate of drug-likeness (QED) is 0.807. The number of aromatic nitrogens is 1. The number of alkyl halides is 3. The molecule has 9 heteroatoms. The monoisotopic (exact) mass is 323 g/mol. The van der Waals surface area contributed by atoms with E-state index in [1.807, 2.05) is 0 Å². The van der Waals surface area contributed by atoms with E-state index < -0.39 is 23.0 Å². The summed E-state index contributed by atoms with van der Waals surface area (Å²) in [6, 6.07) is 1.86. The molecule has 1 aliphatic heterocycles. The molecule has 116 valence electrons. The normalized spacial score (nSPS) is 19.8. The van der Waals surface area contributed by atoms with Crippen LogP contribution in [0.15, 0.2) is 12.1 Å². The Hall–Kier alpha value is -1.70. The van der Waals surface area contributed by atoms with E-state index in [9.17, 15) is 18.0 Å². The molecule has 2 heterocycles. The van der Waals surface area contributed by atoms with Gasteiger partial charge in [0, 0.05) is 25.7 Å². The molecule has 0 unspecified atom stereocenters. The Morgan fingerprint density at radius 1 is 1.43 bits per heavy atom. The Morgan fingerprint density at radius 2 is 2.10 bits per heavy atom. The lowest BCUT2D eigenvalue weighted by Gasteiger charge is -2.38. The smallest absolute Gasteiger partial charge is 0.419 e. The number of anilines is 1. The minimum absolute atomic E-state index is 0.261. The van der Waals surface area contributed by atoms with Crippen LogP contribution >= 0.6 is 11.6 Å². The summed E-state index contributed by atoms with van der Waals surface area (Å²) in [7, 11) is 0. The molecule has 1 fully saturated rings. The molecular weight excluding hydrogens is 311 g/mol. The standard InChI is InChI=1S/C12H13ClF3N3O2/c1-7-6-18(4-5-19(7)11(20)21)9-3-2-8(10(13)17-9)12(14,15)16/h2-3,7H,4-6H2,1H3,(H,20,21)/t7-/m1/s1. The summed E-state index contributed by atoms with van der Waals surface area (Å²) in [6.07, 6.45) is -5.56. The highest BCUT2D eigenvalue weighted by Gasteiger charge is 2.35. The van der Waals surface area contributed by atoms with Gasteiger partial charge in [0.1, 0.15) is 11.0 Å². The summed E-state index contributed by atoms with van der Waals surface area (Å²) in [5, 5.41) is 8.38. The number of nitrogens with zero attached hydrogens (tertiary/aromatic N) is 3. The first-order valence-electron chi connectivity index (χ1n) is 6.18. The van der Waals surface area contributed by atoms with Crippen LogP contribution in [-0.2, 0) is 6.18 Å². The molecule has 1 aliphatic rings. The molecule has 1 saturated heterocycles. The lowest BCUT2D eigenvalue weighted by molar-refractivity contribution is -0.137. The van der Waals surface area contributed by atoms with E-state index in [1.54, 1.807) is 11.8 Å². The Kier molecular flexibility index (Phi) is 4.18. The minimum Gasteiger partial charge on any atom is -0.465 e. The van der Waals surface area contributed by atoms with Crippen molar-refractivity contribution in [3.05, 3.63) is 22.8 Å². The third-order valence-electron chi connectivity index (χ3n) is 3.34. The van der Waals surface area contributed by atoms with Crippen molar-refractivity contribution < 1.29 is 23.1 Å². The van der Waals surface area contributed by atoms with Crippen molar-refractivity contribution in [3.8, 4) is 0 Å². The van der Waals surface area contributed by atoms with E-state index in [-0.39, 0.29) is 12.6 Å². The van der Waals surface area contributed by atoms with Crippen molar-refractivity contribution in [1.82, 2.24) is 9.88 Å². The van der Waals surface area contributed by atoms with Crippen LogP contribution in [-0.4, -0.2) is 46.8 Å². The van der Waals surface area contributed by atoms with Crippen molar-refractivity contribution in [2.45, 2.75) is 19.1 Å². The topological polar surface area (TPSA) is 56.7 Å². The van der Waals surface area contributed by atoms with Crippen molar-refractivity contribution in [3.63, 3.8) is 0 Å². The fourth-order valence-corrected chi connectivity index (χ4v) is 2.52. The Balaban J connectivity index is 2.17. The molecule has 1 atom stereocenters. The maximum Gasteiger partial charge on any atom is 0.419 e. The zero-order chi connectivity index (χ0) is 15.8. The molecule has 1 aromatic heterocycles. The van der Waals surface area contributed by atoms with Crippen LogP contribution in [0.5, 0.6) is 0 Å². The number of rotatable bonds is 1. The molecule has 0 bridgehead atoms. The van der Waals surface area contributed by atoms with Gasteiger partial charge in [0.05, 0.1) is 5.56 Å². The van der Waals surface area contributed by atoms with Crippen molar-refractivity contribution in [2.24, 2.45) is 0 Å². The molecule has 0 aliphatic carbocycles. The van der Waals surface area contributed by atoms with E-state index in [0.717, 1.165) is 6.07 Å². The SMILES string of the molecule is C[C@@H]1CN(c2ccc(C(F)(F)F)c(Cl)n2)CCN1C(=O)O. The highest BCUT2D eigenvalue weighted by Crippen LogP contribution is 2.34. The molecular formula is C12H13ClF3N3O2. The van der Waals surface area contributed by atoms with Crippen LogP contribution in [0.4, 0.5) is 23.8 Å². The van der Waals surface area contributed by atoms with Crippen molar-refractivity contribution >= 4 is 23.5 Å². The molecule has 5 nitrogen and oxygen atoms in total. The van der Waals surface area contributed by atoms with Crippen LogP contribution in [0, 0.1) is 0 Å². The van der Waals surface area contributed by atoms with E-state index in [1.165, 1.54) is 11.0 Å². The summed E-state index contributed by atoms with van der Waals surface area (Å²) in [4.78, 5) is 17.7. The molecule has 0 spiro atoms. The third kappa shape index (κ3) is 3.31. The summed E-state index contributed by atoms with van der Waals surface area (Å²) in [6.45, 7) is 2.69. The van der Waals surface area contributed by atoms with Gasteiger partial charge in [0.2, 0.25) is 0 Å². The lowest BCUT2D eigenvalue weighted by atomic mass is 10.2. The minimum atomic E-state index is -4.54. The van der Waals surface area contributed by atoms with Crippen LogP contribution < -0.4 is 4.90 Å². The summed E-state index contributed by atoms with van der Waals surface area (Å²) >= 11 is 5.59. The van der Waals surface area contributed by atoms with Gasteiger partial charge >= 0.3 is 12.3 Å². The predicted molar refractivity (Wildman–Crippen MR) is 70.7 cm³/mol. The fraction of sp³-hybridized carbons (Fsp3) is 0.500. The summed E-state index contributed by atoms with van der Waals surface area (Å²) < 4.78 is 37.8. The average molecular weight is 324 g/mol. The Labute approximate surface area is 123 Å². The number of pyridine rings is 1. The predicted octanol–water partition coefficient (Wildman–Crippen LogP) is 2.94. The van der Waals surface area contributed by atoms with Crippen LogP contribution in [0.25, 0.3) is 0 Å². The summed E-state index contributed by atoms with van der Waals surface area (Å²) in [5.41, 5.74) is -0.981. The zero-order valence-electron chi connectivity index (χ0n) is 11.1. The second-order valence-corrected chi connectivity index (χ2v) is 5.13. The molecule has 0 aromatic carbocycles. The number of hydrogen-bond donors (Lipinski definition) is 1. The molecule has 0 saturated carbocycles. The second kappa shape index (κ2) is 5.59. The maximum atomic E-state index is 12.6.